The Kier molecular flexibility index (Phi) is 5.88. The van der Waals surface area contributed by atoms with Crippen molar-refractivity contribution in [1.29, 1.82) is 0 Å². The number of cyclic esters (lactones) is 1. The van der Waals surface area contributed by atoms with Crippen molar-refractivity contribution in [3.63, 3.8) is 0 Å². The van der Waals surface area contributed by atoms with Crippen LogP contribution >= 0.6 is 0 Å². The standard InChI is InChI=1S/C29H44O4/c1-16(2)21-15-25(31)33-27(21)26(32)17(3)22-8-9-23-20-7-6-18-14-19(30)10-12-28(18,4)24(20)11-13-29(22,23)5/h6,15-17,19-20,22-24,26-27,30,32H,7-14H2,1-5H3/t17-,19-,20-,22+,23-,24-,26?,27?,28-,29+/m0/s1. The predicted molar refractivity (Wildman–Crippen MR) is 129 cm³/mol. The summed E-state index contributed by atoms with van der Waals surface area (Å²) in [6.45, 7) is 11.3. The molecule has 4 aliphatic carbocycles. The molecule has 0 amide bonds. The Hall–Kier alpha value is -1.13. The minimum atomic E-state index is -0.640. The minimum Gasteiger partial charge on any atom is -0.452 e. The first-order valence-corrected chi connectivity index (χ1v) is 13.5. The largest absolute Gasteiger partial charge is 0.452 e. The first-order chi connectivity index (χ1) is 15.6. The fourth-order valence-corrected chi connectivity index (χ4v) is 9.27. The lowest BCUT2D eigenvalue weighted by molar-refractivity contribution is -0.146. The highest BCUT2D eigenvalue weighted by Gasteiger charge is 2.60. The quantitative estimate of drug-likeness (QED) is 0.437. The average Bonchev–Trinajstić information content (AvgIpc) is 3.33. The second-order valence-corrected chi connectivity index (χ2v) is 12.9. The normalized spacial score (nSPS) is 46.6. The lowest BCUT2D eigenvalue weighted by Crippen LogP contribution is -2.51. The second-order valence-electron chi connectivity index (χ2n) is 12.9. The number of esters is 1. The number of aliphatic hydroxyl groups is 2. The molecule has 0 radical (unpaired) electrons. The van der Waals surface area contributed by atoms with Crippen molar-refractivity contribution in [2.75, 3.05) is 0 Å². The number of allylic oxidation sites excluding steroid dienone is 1. The highest BCUT2D eigenvalue weighted by Crippen LogP contribution is 2.67. The molecule has 0 spiro atoms. The highest BCUT2D eigenvalue weighted by atomic mass is 16.6. The van der Waals surface area contributed by atoms with Crippen LogP contribution < -0.4 is 0 Å². The summed E-state index contributed by atoms with van der Waals surface area (Å²) in [5.41, 5.74) is 2.98. The number of carbonyl (C=O) groups is 1. The van der Waals surface area contributed by atoms with Gasteiger partial charge in [-0.25, -0.2) is 4.79 Å². The van der Waals surface area contributed by atoms with Crippen LogP contribution in [0.5, 0.6) is 0 Å². The highest BCUT2D eigenvalue weighted by molar-refractivity contribution is 5.86. The maximum atomic E-state index is 12.0. The molecule has 2 N–H and O–H groups in total. The van der Waals surface area contributed by atoms with E-state index in [1.807, 2.05) is 0 Å². The third-order valence-corrected chi connectivity index (χ3v) is 11.2. The molecule has 0 saturated heterocycles. The number of rotatable bonds is 4. The number of aliphatic hydroxyl groups excluding tert-OH is 2. The number of carbonyl (C=O) groups excluding carboxylic acids is 1. The third kappa shape index (κ3) is 3.57. The summed E-state index contributed by atoms with van der Waals surface area (Å²) in [6, 6.07) is 0. The Balaban J connectivity index is 1.36. The maximum absolute atomic E-state index is 12.0. The van der Waals surface area contributed by atoms with Crippen molar-refractivity contribution in [2.24, 2.45) is 46.3 Å². The average molecular weight is 457 g/mol. The Bertz CT molecular complexity index is 858. The van der Waals surface area contributed by atoms with Crippen LogP contribution in [-0.2, 0) is 9.53 Å². The van der Waals surface area contributed by atoms with Gasteiger partial charge in [-0.2, -0.15) is 0 Å². The molecule has 0 bridgehead atoms. The molecular weight excluding hydrogens is 412 g/mol. The van der Waals surface area contributed by atoms with Gasteiger partial charge in [0.1, 0.15) is 0 Å². The van der Waals surface area contributed by atoms with Crippen LogP contribution in [-0.4, -0.2) is 34.5 Å². The lowest BCUT2D eigenvalue weighted by atomic mass is 9.47. The van der Waals surface area contributed by atoms with E-state index in [0.717, 1.165) is 49.5 Å². The third-order valence-electron chi connectivity index (χ3n) is 11.2. The van der Waals surface area contributed by atoms with Crippen molar-refractivity contribution in [3.8, 4) is 0 Å². The van der Waals surface area contributed by atoms with Crippen LogP contribution in [0.4, 0.5) is 0 Å². The minimum absolute atomic E-state index is 0.102. The van der Waals surface area contributed by atoms with Crippen LogP contribution in [0.15, 0.2) is 23.3 Å². The van der Waals surface area contributed by atoms with E-state index in [2.05, 4.69) is 40.7 Å². The summed E-state index contributed by atoms with van der Waals surface area (Å²) >= 11 is 0. The zero-order valence-electron chi connectivity index (χ0n) is 21.2. The molecule has 3 fully saturated rings. The SMILES string of the molecule is CC(C)C1=CC(=O)OC1C(O)[C@@H](C)[C@H]1CC[C@H]2[C@@H]3CC=C4C[C@@H](O)CC[C@]4(C)[C@H]3CC[C@]12C. The molecule has 4 nitrogen and oxygen atoms in total. The molecular formula is C29H44O4. The van der Waals surface area contributed by atoms with Gasteiger partial charge in [0.15, 0.2) is 6.10 Å². The van der Waals surface area contributed by atoms with Crippen LogP contribution in [0.1, 0.15) is 86.0 Å². The topological polar surface area (TPSA) is 66.8 Å². The van der Waals surface area contributed by atoms with Gasteiger partial charge in [0.2, 0.25) is 0 Å². The van der Waals surface area contributed by atoms with Crippen molar-refractivity contribution in [1.82, 2.24) is 0 Å². The summed E-state index contributed by atoms with van der Waals surface area (Å²) in [4.78, 5) is 12.0. The van der Waals surface area contributed by atoms with Crippen LogP contribution in [0.25, 0.3) is 0 Å². The summed E-state index contributed by atoms with van der Waals surface area (Å²) in [5.74, 6) is 2.60. The molecule has 1 heterocycles. The zero-order valence-corrected chi connectivity index (χ0v) is 21.2. The smallest absolute Gasteiger partial charge is 0.331 e. The Morgan fingerprint density at radius 2 is 1.82 bits per heavy atom. The maximum Gasteiger partial charge on any atom is 0.331 e. The molecule has 5 aliphatic rings. The molecule has 0 aromatic carbocycles. The number of ether oxygens (including phenoxy) is 1. The molecule has 3 saturated carbocycles. The summed E-state index contributed by atoms with van der Waals surface area (Å²) < 4.78 is 5.60. The van der Waals surface area contributed by atoms with E-state index in [0.29, 0.717) is 11.8 Å². The van der Waals surface area contributed by atoms with Gasteiger partial charge >= 0.3 is 5.97 Å². The fourth-order valence-electron chi connectivity index (χ4n) is 9.27. The summed E-state index contributed by atoms with van der Waals surface area (Å²) in [6.07, 6.45) is 11.8. The summed E-state index contributed by atoms with van der Waals surface area (Å²) in [5, 5.41) is 21.7. The van der Waals surface area contributed by atoms with Gasteiger partial charge in [-0.15, -0.1) is 0 Å². The first kappa shape index (κ1) is 23.6. The van der Waals surface area contributed by atoms with Crippen molar-refractivity contribution >= 4 is 5.97 Å². The van der Waals surface area contributed by atoms with Gasteiger partial charge in [0, 0.05) is 6.08 Å². The predicted octanol–water partition coefficient (Wildman–Crippen LogP) is 5.43. The molecule has 5 rings (SSSR count). The van der Waals surface area contributed by atoms with Crippen LogP contribution in [0.3, 0.4) is 0 Å². The van der Waals surface area contributed by atoms with E-state index in [1.165, 1.54) is 24.8 Å². The molecule has 4 heteroatoms. The molecule has 184 valence electrons. The molecule has 0 aromatic rings. The van der Waals surface area contributed by atoms with E-state index < -0.39 is 12.2 Å². The number of hydrogen-bond acceptors (Lipinski definition) is 4. The lowest BCUT2D eigenvalue weighted by Gasteiger charge is -2.58. The Morgan fingerprint density at radius 1 is 1.06 bits per heavy atom. The van der Waals surface area contributed by atoms with Crippen molar-refractivity contribution in [2.45, 2.75) is 104 Å². The van der Waals surface area contributed by atoms with Gasteiger partial charge in [-0.05, 0) is 103 Å². The molecule has 0 aromatic heterocycles. The van der Waals surface area contributed by atoms with E-state index in [1.54, 1.807) is 6.08 Å². The van der Waals surface area contributed by atoms with Crippen molar-refractivity contribution in [3.05, 3.63) is 23.3 Å². The second kappa shape index (κ2) is 8.22. The van der Waals surface area contributed by atoms with Crippen LogP contribution in [0, 0.1) is 46.3 Å². The van der Waals surface area contributed by atoms with E-state index in [9.17, 15) is 15.0 Å². The van der Waals surface area contributed by atoms with E-state index in [4.69, 9.17) is 4.74 Å². The zero-order chi connectivity index (χ0) is 23.7. The Labute approximate surface area is 199 Å². The van der Waals surface area contributed by atoms with Gasteiger partial charge in [-0.1, -0.05) is 46.3 Å². The van der Waals surface area contributed by atoms with Gasteiger partial charge in [0.05, 0.1) is 12.2 Å². The molecule has 10 atom stereocenters. The summed E-state index contributed by atoms with van der Waals surface area (Å²) in [7, 11) is 0. The molecule has 33 heavy (non-hydrogen) atoms. The van der Waals surface area contributed by atoms with E-state index >= 15 is 0 Å². The molecule has 1 aliphatic heterocycles. The fraction of sp³-hybridized carbons (Fsp3) is 0.828. The monoisotopic (exact) mass is 456 g/mol. The van der Waals surface area contributed by atoms with E-state index in [-0.39, 0.29) is 34.7 Å². The Morgan fingerprint density at radius 3 is 2.55 bits per heavy atom. The number of hydrogen-bond donors (Lipinski definition) is 2. The first-order valence-electron chi connectivity index (χ1n) is 13.5. The van der Waals surface area contributed by atoms with Gasteiger partial charge in [0.25, 0.3) is 0 Å². The number of fused-ring (bicyclic) bond motifs is 5. The van der Waals surface area contributed by atoms with Gasteiger partial charge in [-0.3, -0.25) is 0 Å². The van der Waals surface area contributed by atoms with Gasteiger partial charge < -0.3 is 14.9 Å². The molecule has 2 unspecified atom stereocenters. The van der Waals surface area contributed by atoms with Crippen molar-refractivity contribution < 1.29 is 19.7 Å². The van der Waals surface area contributed by atoms with Crippen LogP contribution in [0.2, 0.25) is 0 Å².